The quantitative estimate of drug-likeness (QED) is 0.709. The van der Waals surface area contributed by atoms with Gasteiger partial charge in [-0.2, -0.15) is 0 Å². The molecular formula is C21H22N2O3. The van der Waals surface area contributed by atoms with Gasteiger partial charge < -0.3 is 14.8 Å². The molecule has 134 valence electrons. The number of hydrogen-bond donors (Lipinski definition) is 1. The number of fused-ring (bicyclic) bond motifs is 1. The molecule has 5 heteroatoms. The van der Waals surface area contributed by atoms with Crippen LogP contribution in [0.3, 0.4) is 0 Å². The van der Waals surface area contributed by atoms with Gasteiger partial charge in [0.05, 0.1) is 24.9 Å². The summed E-state index contributed by atoms with van der Waals surface area (Å²) in [5.41, 5.74) is 1.92. The zero-order valence-corrected chi connectivity index (χ0v) is 15.2. The minimum atomic E-state index is -0.225. The fourth-order valence-electron chi connectivity index (χ4n) is 2.58. The second-order valence-corrected chi connectivity index (χ2v) is 6.41. The maximum absolute atomic E-state index is 12.7. The third-order valence-corrected chi connectivity index (χ3v) is 3.88. The van der Waals surface area contributed by atoms with Crippen LogP contribution in [0.1, 0.15) is 24.2 Å². The van der Waals surface area contributed by atoms with Gasteiger partial charge in [-0.15, -0.1) is 0 Å². The molecule has 1 heterocycles. The van der Waals surface area contributed by atoms with E-state index >= 15 is 0 Å². The van der Waals surface area contributed by atoms with E-state index in [0.29, 0.717) is 35.3 Å². The largest absolute Gasteiger partial charge is 0.493 e. The molecular weight excluding hydrogens is 328 g/mol. The smallest absolute Gasteiger partial charge is 0.255 e. The van der Waals surface area contributed by atoms with Gasteiger partial charge in [0.2, 0.25) is 0 Å². The van der Waals surface area contributed by atoms with Crippen molar-refractivity contribution >= 4 is 22.5 Å². The van der Waals surface area contributed by atoms with Crippen LogP contribution in [-0.2, 0) is 0 Å². The highest BCUT2D eigenvalue weighted by Gasteiger charge is 2.13. The first-order valence-corrected chi connectivity index (χ1v) is 8.54. The fourth-order valence-corrected chi connectivity index (χ4v) is 2.58. The zero-order chi connectivity index (χ0) is 18.5. The fraction of sp³-hybridized carbons (Fsp3) is 0.238. The van der Waals surface area contributed by atoms with Crippen LogP contribution in [0.5, 0.6) is 11.5 Å². The van der Waals surface area contributed by atoms with E-state index in [9.17, 15) is 4.79 Å². The number of pyridine rings is 1. The Labute approximate surface area is 153 Å². The Hall–Kier alpha value is -3.08. The number of methoxy groups -OCH3 is 1. The van der Waals surface area contributed by atoms with Gasteiger partial charge in [0.25, 0.3) is 5.91 Å². The minimum Gasteiger partial charge on any atom is -0.493 e. The molecule has 3 aromatic rings. The van der Waals surface area contributed by atoms with Crippen LogP contribution in [0, 0.1) is 5.92 Å². The lowest BCUT2D eigenvalue weighted by Crippen LogP contribution is -2.13. The van der Waals surface area contributed by atoms with Crippen molar-refractivity contribution in [1.29, 1.82) is 0 Å². The molecule has 0 unspecified atom stereocenters. The number of rotatable bonds is 6. The lowest BCUT2D eigenvalue weighted by molar-refractivity contribution is 0.102. The van der Waals surface area contributed by atoms with Crippen molar-refractivity contribution in [1.82, 2.24) is 4.98 Å². The van der Waals surface area contributed by atoms with Gasteiger partial charge in [-0.3, -0.25) is 9.78 Å². The maximum Gasteiger partial charge on any atom is 0.255 e. The summed E-state index contributed by atoms with van der Waals surface area (Å²) in [5.74, 6) is 1.34. The Balaban J connectivity index is 1.83. The summed E-state index contributed by atoms with van der Waals surface area (Å²) < 4.78 is 11.1. The Morgan fingerprint density at radius 3 is 2.69 bits per heavy atom. The van der Waals surface area contributed by atoms with E-state index in [4.69, 9.17) is 9.47 Å². The molecule has 2 aromatic carbocycles. The SMILES string of the molecule is COc1cc(C(=O)Nc2cccc3cccnc23)ccc1OCC(C)C. The van der Waals surface area contributed by atoms with E-state index < -0.39 is 0 Å². The van der Waals surface area contributed by atoms with Crippen LogP contribution in [0.4, 0.5) is 5.69 Å². The summed E-state index contributed by atoms with van der Waals surface area (Å²) in [6.07, 6.45) is 1.71. The number of nitrogens with zero attached hydrogens (tertiary/aromatic N) is 1. The predicted octanol–water partition coefficient (Wildman–Crippen LogP) is 4.53. The summed E-state index contributed by atoms with van der Waals surface area (Å²) >= 11 is 0. The lowest BCUT2D eigenvalue weighted by Gasteiger charge is -2.14. The van der Waals surface area contributed by atoms with Crippen LogP contribution >= 0.6 is 0 Å². The molecule has 0 aliphatic heterocycles. The van der Waals surface area contributed by atoms with Gasteiger partial charge in [-0.05, 0) is 36.2 Å². The average molecular weight is 350 g/mol. The zero-order valence-electron chi connectivity index (χ0n) is 15.2. The highest BCUT2D eigenvalue weighted by Crippen LogP contribution is 2.29. The lowest BCUT2D eigenvalue weighted by atomic mass is 10.1. The van der Waals surface area contributed by atoms with Crippen LogP contribution in [0.25, 0.3) is 10.9 Å². The summed E-state index contributed by atoms with van der Waals surface area (Å²) in [6, 6.07) is 14.7. The van der Waals surface area contributed by atoms with Gasteiger partial charge in [0.15, 0.2) is 11.5 Å². The average Bonchev–Trinajstić information content (AvgIpc) is 2.66. The van der Waals surface area contributed by atoms with E-state index in [0.717, 1.165) is 10.9 Å². The summed E-state index contributed by atoms with van der Waals surface area (Å²) in [4.78, 5) is 17.0. The first-order valence-electron chi connectivity index (χ1n) is 8.54. The van der Waals surface area contributed by atoms with Gasteiger partial charge in [-0.25, -0.2) is 0 Å². The van der Waals surface area contributed by atoms with E-state index in [1.807, 2.05) is 30.3 Å². The minimum absolute atomic E-state index is 0.225. The number of amides is 1. The number of anilines is 1. The topological polar surface area (TPSA) is 60.5 Å². The molecule has 26 heavy (non-hydrogen) atoms. The van der Waals surface area contributed by atoms with Crippen molar-refractivity contribution in [2.24, 2.45) is 5.92 Å². The highest BCUT2D eigenvalue weighted by atomic mass is 16.5. The van der Waals surface area contributed by atoms with E-state index in [1.165, 1.54) is 0 Å². The standard InChI is InChI=1S/C21H22N2O3/c1-14(2)13-26-18-10-9-16(12-19(18)25-3)21(24)23-17-8-4-6-15-7-5-11-22-20(15)17/h4-12,14H,13H2,1-3H3,(H,23,24). The summed E-state index contributed by atoms with van der Waals surface area (Å²) in [7, 11) is 1.56. The molecule has 0 atom stereocenters. The molecule has 0 bridgehead atoms. The first kappa shape index (κ1) is 17.7. The van der Waals surface area contributed by atoms with Crippen LogP contribution in [0.15, 0.2) is 54.7 Å². The Morgan fingerprint density at radius 1 is 1.12 bits per heavy atom. The van der Waals surface area contributed by atoms with Crippen LogP contribution in [-0.4, -0.2) is 24.6 Å². The second-order valence-electron chi connectivity index (χ2n) is 6.41. The second kappa shape index (κ2) is 7.87. The van der Waals surface area contributed by atoms with E-state index in [2.05, 4.69) is 24.1 Å². The Kier molecular flexibility index (Phi) is 5.37. The van der Waals surface area contributed by atoms with Crippen LogP contribution < -0.4 is 14.8 Å². The maximum atomic E-state index is 12.7. The predicted molar refractivity (Wildman–Crippen MR) is 103 cm³/mol. The van der Waals surface area contributed by atoms with Crippen molar-refractivity contribution < 1.29 is 14.3 Å². The number of hydrogen-bond acceptors (Lipinski definition) is 4. The molecule has 0 saturated carbocycles. The van der Waals surface area contributed by atoms with Gasteiger partial charge in [0, 0.05) is 17.1 Å². The third kappa shape index (κ3) is 3.94. The monoisotopic (exact) mass is 350 g/mol. The summed E-state index contributed by atoms with van der Waals surface area (Å²) in [6.45, 7) is 4.74. The number of carbonyl (C=O) groups excluding carboxylic acids is 1. The molecule has 0 fully saturated rings. The van der Waals surface area contributed by atoms with Gasteiger partial charge >= 0.3 is 0 Å². The molecule has 3 rings (SSSR count). The van der Waals surface area contributed by atoms with Crippen molar-refractivity contribution in [3.8, 4) is 11.5 Å². The molecule has 0 saturated heterocycles. The molecule has 1 N–H and O–H groups in total. The molecule has 0 spiro atoms. The Morgan fingerprint density at radius 2 is 1.92 bits per heavy atom. The van der Waals surface area contributed by atoms with E-state index in [-0.39, 0.29) is 5.91 Å². The summed E-state index contributed by atoms with van der Waals surface area (Å²) in [5, 5.41) is 3.90. The third-order valence-electron chi connectivity index (χ3n) is 3.88. The number of ether oxygens (including phenoxy) is 2. The van der Waals surface area contributed by atoms with Crippen molar-refractivity contribution in [3.05, 3.63) is 60.3 Å². The molecule has 1 aromatic heterocycles. The number of carbonyl (C=O) groups is 1. The molecule has 0 aliphatic carbocycles. The van der Waals surface area contributed by atoms with Crippen molar-refractivity contribution in [2.75, 3.05) is 19.0 Å². The number of para-hydroxylation sites is 1. The molecule has 0 aliphatic rings. The van der Waals surface area contributed by atoms with Crippen molar-refractivity contribution in [3.63, 3.8) is 0 Å². The first-order chi connectivity index (χ1) is 12.6. The van der Waals surface area contributed by atoms with Crippen molar-refractivity contribution in [2.45, 2.75) is 13.8 Å². The molecule has 0 radical (unpaired) electrons. The van der Waals surface area contributed by atoms with Gasteiger partial charge in [-0.1, -0.05) is 32.0 Å². The molecule has 5 nitrogen and oxygen atoms in total. The number of aromatic nitrogens is 1. The molecule has 1 amide bonds. The normalized spacial score (nSPS) is 10.8. The number of nitrogens with one attached hydrogen (secondary N) is 1. The highest BCUT2D eigenvalue weighted by molar-refractivity contribution is 6.08. The van der Waals surface area contributed by atoms with Gasteiger partial charge in [0.1, 0.15) is 0 Å². The van der Waals surface area contributed by atoms with Crippen LogP contribution in [0.2, 0.25) is 0 Å². The Bertz CT molecular complexity index is 917. The van der Waals surface area contributed by atoms with E-state index in [1.54, 1.807) is 31.5 Å². The number of benzene rings is 2.